The molecule has 1 fully saturated rings. The van der Waals surface area contributed by atoms with Crippen molar-refractivity contribution in [2.45, 2.75) is 30.7 Å². The average molecular weight is 340 g/mol. The van der Waals surface area contributed by atoms with Crippen LogP contribution >= 0.6 is 0 Å². The third-order valence-corrected chi connectivity index (χ3v) is 4.98. The van der Waals surface area contributed by atoms with Crippen molar-refractivity contribution in [2.24, 2.45) is 0 Å². The number of anilines is 1. The molecule has 2 rings (SSSR count). The van der Waals surface area contributed by atoms with Crippen molar-refractivity contribution < 1.29 is 23.1 Å². The second kappa shape index (κ2) is 6.57. The van der Waals surface area contributed by atoms with E-state index < -0.39 is 15.8 Å². The Hall–Kier alpha value is -2.09. The van der Waals surface area contributed by atoms with Crippen LogP contribution in [-0.2, 0) is 14.6 Å². The lowest BCUT2D eigenvalue weighted by Gasteiger charge is -2.34. The number of aromatic carboxylic acids is 1. The van der Waals surface area contributed by atoms with E-state index in [2.05, 4.69) is 5.32 Å². The molecule has 126 valence electrons. The predicted molar refractivity (Wildman–Crippen MR) is 85.6 cm³/mol. The van der Waals surface area contributed by atoms with E-state index in [1.54, 1.807) is 6.07 Å². The number of hydrogen-bond acceptors (Lipinski definition) is 5. The number of hydrogen-bond donors (Lipinski definition) is 2. The Bertz CT molecular complexity index is 721. The van der Waals surface area contributed by atoms with Gasteiger partial charge in [-0.05, 0) is 31.0 Å². The summed E-state index contributed by atoms with van der Waals surface area (Å²) >= 11 is 0. The zero-order valence-corrected chi connectivity index (χ0v) is 13.9. The molecule has 0 atom stereocenters. The first-order valence-corrected chi connectivity index (χ1v) is 9.17. The summed E-state index contributed by atoms with van der Waals surface area (Å²) in [5.74, 6) is -1.24. The third kappa shape index (κ3) is 4.22. The normalized spacial score (nSPS) is 16.2. The molecule has 0 spiro atoms. The van der Waals surface area contributed by atoms with Gasteiger partial charge in [0, 0.05) is 32.3 Å². The number of sulfone groups is 1. The van der Waals surface area contributed by atoms with Gasteiger partial charge in [0.25, 0.3) is 0 Å². The largest absolute Gasteiger partial charge is 0.478 e. The number of carboxylic acid groups (broad SMARTS) is 1. The molecule has 1 aromatic carbocycles. The van der Waals surface area contributed by atoms with Gasteiger partial charge in [0.15, 0.2) is 9.84 Å². The molecule has 0 unspecified atom stereocenters. The maximum absolute atomic E-state index is 12.0. The first-order chi connectivity index (χ1) is 10.7. The standard InChI is InChI=1S/C15H20N2O5S/c1-10(18)16-12-5-7-17(8-6-12)13-4-3-11(15(19)20)9-14(13)23(2,21)22/h3-4,9,12H,5-8H2,1-2H3,(H,16,18)(H,19,20). The van der Waals surface area contributed by atoms with Gasteiger partial charge in [-0.15, -0.1) is 0 Å². The van der Waals surface area contributed by atoms with Crippen LogP contribution in [0.4, 0.5) is 5.69 Å². The molecule has 0 aliphatic carbocycles. The summed E-state index contributed by atoms with van der Waals surface area (Å²) in [6, 6.07) is 4.24. The van der Waals surface area contributed by atoms with Gasteiger partial charge in [-0.2, -0.15) is 0 Å². The van der Waals surface area contributed by atoms with E-state index in [0.29, 0.717) is 31.6 Å². The number of amides is 1. The second-order valence-corrected chi connectivity index (χ2v) is 7.71. The Kier molecular flexibility index (Phi) is 4.93. The highest BCUT2D eigenvalue weighted by molar-refractivity contribution is 7.90. The van der Waals surface area contributed by atoms with Crippen LogP contribution in [0.2, 0.25) is 0 Å². The van der Waals surface area contributed by atoms with Crippen LogP contribution < -0.4 is 10.2 Å². The van der Waals surface area contributed by atoms with Crippen LogP contribution in [0.25, 0.3) is 0 Å². The first-order valence-electron chi connectivity index (χ1n) is 7.28. The number of rotatable bonds is 4. The number of carbonyl (C=O) groups excluding carboxylic acids is 1. The van der Waals surface area contributed by atoms with E-state index in [4.69, 9.17) is 5.11 Å². The van der Waals surface area contributed by atoms with Gasteiger partial charge >= 0.3 is 5.97 Å². The van der Waals surface area contributed by atoms with Gasteiger partial charge in [0.05, 0.1) is 16.1 Å². The maximum atomic E-state index is 12.0. The first kappa shape index (κ1) is 17.3. The van der Waals surface area contributed by atoms with Crippen LogP contribution in [0, 0.1) is 0 Å². The van der Waals surface area contributed by atoms with Crippen LogP contribution in [0.5, 0.6) is 0 Å². The highest BCUT2D eigenvalue weighted by Crippen LogP contribution is 2.29. The van der Waals surface area contributed by atoms with Crippen molar-refractivity contribution in [3.05, 3.63) is 23.8 Å². The molecule has 1 aromatic rings. The van der Waals surface area contributed by atoms with Crippen LogP contribution in [0.1, 0.15) is 30.1 Å². The minimum absolute atomic E-state index is 0.0235. The minimum atomic E-state index is -3.55. The molecule has 0 saturated carbocycles. The van der Waals surface area contributed by atoms with Crippen LogP contribution in [0.15, 0.2) is 23.1 Å². The Morgan fingerprint density at radius 3 is 2.35 bits per heavy atom. The smallest absolute Gasteiger partial charge is 0.335 e. The van der Waals surface area contributed by atoms with Crippen LogP contribution in [-0.4, -0.2) is 50.8 Å². The number of benzene rings is 1. The Morgan fingerprint density at radius 2 is 1.87 bits per heavy atom. The highest BCUT2D eigenvalue weighted by atomic mass is 32.2. The lowest BCUT2D eigenvalue weighted by atomic mass is 10.0. The summed E-state index contributed by atoms with van der Waals surface area (Å²) in [4.78, 5) is 24.1. The third-order valence-electron chi connectivity index (χ3n) is 3.85. The fraction of sp³-hybridized carbons (Fsp3) is 0.467. The highest BCUT2D eigenvalue weighted by Gasteiger charge is 2.25. The van der Waals surface area contributed by atoms with Crippen molar-refractivity contribution in [2.75, 3.05) is 24.2 Å². The number of carboxylic acids is 1. The van der Waals surface area contributed by atoms with Gasteiger partial charge in [0.1, 0.15) is 0 Å². The summed E-state index contributed by atoms with van der Waals surface area (Å²) < 4.78 is 24.0. The van der Waals surface area contributed by atoms with Crippen LogP contribution in [0.3, 0.4) is 0 Å². The number of nitrogens with zero attached hydrogens (tertiary/aromatic N) is 1. The molecule has 8 heteroatoms. The van der Waals surface area contributed by atoms with Crippen molar-refractivity contribution >= 4 is 27.4 Å². The van der Waals surface area contributed by atoms with E-state index in [0.717, 1.165) is 6.26 Å². The van der Waals surface area contributed by atoms with E-state index in [9.17, 15) is 18.0 Å². The van der Waals surface area contributed by atoms with E-state index in [1.165, 1.54) is 19.1 Å². The Morgan fingerprint density at radius 1 is 1.26 bits per heavy atom. The lowest BCUT2D eigenvalue weighted by molar-refractivity contribution is -0.119. The van der Waals surface area contributed by atoms with Crippen molar-refractivity contribution in [1.82, 2.24) is 5.32 Å². The maximum Gasteiger partial charge on any atom is 0.335 e. The summed E-state index contributed by atoms with van der Waals surface area (Å²) in [6.45, 7) is 2.67. The molecule has 1 saturated heterocycles. The van der Waals surface area contributed by atoms with E-state index in [-0.39, 0.29) is 22.4 Å². The molecular formula is C15H20N2O5S. The molecule has 1 heterocycles. The van der Waals surface area contributed by atoms with Crippen molar-refractivity contribution in [3.63, 3.8) is 0 Å². The number of nitrogens with one attached hydrogen (secondary N) is 1. The molecular weight excluding hydrogens is 320 g/mol. The van der Waals surface area contributed by atoms with E-state index >= 15 is 0 Å². The fourth-order valence-electron chi connectivity index (χ4n) is 2.76. The summed E-state index contributed by atoms with van der Waals surface area (Å²) in [7, 11) is -3.55. The van der Waals surface area contributed by atoms with Gasteiger partial charge < -0.3 is 15.3 Å². The zero-order valence-electron chi connectivity index (χ0n) is 13.1. The fourth-order valence-corrected chi connectivity index (χ4v) is 3.68. The minimum Gasteiger partial charge on any atom is -0.478 e. The van der Waals surface area contributed by atoms with Gasteiger partial charge in [-0.25, -0.2) is 13.2 Å². The van der Waals surface area contributed by atoms with Gasteiger partial charge in [-0.1, -0.05) is 0 Å². The van der Waals surface area contributed by atoms with E-state index in [1.807, 2.05) is 4.90 Å². The Labute approximate surface area is 135 Å². The SMILES string of the molecule is CC(=O)NC1CCN(c2ccc(C(=O)O)cc2S(C)(=O)=O)CC1. The topological polar surface area (TPSA) is 104 Å². The molecule has 0 bridgehead atoms. The molecule has 0 radical (unpaired) electrons. The summed E-state index contributed by atoms with van der Waals surface area (Å²) in [5.41, 5.74) is 0.459. The number of piperidine rings is 1. The van der Waals surface area contributed by atoms with Crippen molar-refractivity contribution in [3.8, 4) is 0 Å². The quantitative estimate of drug-likeness (QED) is 0.844. The molecule has 7 nitrogen and oxygen atoms in total. The zero-order chi connectivity index (χ0) is 17.2. The molecule has 1 amide bonds. The van der Waals surface area contributed by atoms with Crippen molar-refractivity contribution in [1.29, 1.82) is 0 Å². The number of carbonyl (C=O) groups is 2. The molecule has 2 N–H and O–H groups in total. The molecule has 23 heavy (non-hydrogen) atoms. The second-order valence-electron chi connectivity index (χ2n) is 5.72. The van der Waals surface area contributed by atoms with Gasteiger partial charge in [0.2, 0.25) is 5.91 Å². The monoisotopic (exact) mass is 340 g/mol. The lowest BCUT2D eigenvalue weighted by Crippen LogP contribution is -2.44. The summed E-state index contributed by atoms with van der Waals surface area (Å²) in [5, 5.41) is 11.9. The molecule has 1 aliphatic heterocycles. The molecule has 0 aromatic heterocycles. The summed E-state index contributed by atoms with van der Waals surface area (Å²) in [6.07, 6.45) is 2.49. The average Bonchev–Trinajstić information content (AvgIpc) is 2.46. The molecule has 1 aliphatic rings. The Balaban J connectivity index is 2.27. The van der Waals surface area contributed by atoms with Gasteiger partial charge in [-0.3, -0.25) is 4.79 Å². The predicted octanol–water partition coefficient (Wildman–Crippen LogP) is 0.893.